The second-order valence-electron chi connectivity index (χ2n) is 2.88. The molecule has 0 N–H and O–H groups in total. The molecule has 0 aliphatic carbocycles. The van der Waals surface area contributed by atoms with E-state index < -0.39 is 0 Å². The Labute approximate surface area is 121 Å². The molecule has 0 saturated carbocycles. The predicted octanol–water partition coefficient (Wildman–Crippen LogP) is -1.73. The van der Waals surface area contributed by atoms with Crippen molar-refractivity contribution in [3.8, 4) is 0 Å². The Bertz CT molecular complexity index is 145. The van der Waals surface area contributed by atoms with Crippen molar-refractivity contribution in [1.82, 2.24) is 4.90 Å². The van der Waals surface area contributed by atoms with Gasteiger partial charge in [-0.2, -0.15) is 0 Å². The Morgan fingerprint density at radius 3 is 2.75 bits per heavy atom. The van der Waals surface area contributed by atoms with Gasteiger partial charge < -0.3 is 9.69 Å². The number of hydrogen-bond donors (Lipinski definition) is 0. The standard InChI is InChI=1S/C8H14NOS.K/c1-3-4-8-9(2)7(5-10)6-11-8;/h7-8H,3-4,6H2,1-2H3;/q-1;+1/t7-,8?;/m1./s1. The van der Waals surface area contributed by atoms with E-state index in [4.69, 9.17) is 0 Å². The molecule has 0 spiro atoms. The Morgan fingerprint density at radius 1 is 1.67 bits per heavy atom. The summed E-state index contributed by atoms with van der Waals surface area (Å²) in [4.78, 5) is 12.5. The molecule has 1 fully saturated rings. The van der Waals surface area contributed by atoms with Crippen molar-refractivity contribution < 1.29 is 56.2 Å². The average Bonchev–Trinajstić information content (AvgIpc) is 2.34. The van der Waals surface area contributed by atoms with Crippen LogP contribution in [0.15, 0.2) is 0 Å². The third kappa shape index (κ3) is 3.40. The van der Waals surface area contributed by atoms with Crippen molar-refractivity contribution in [3.63, 3.8) is 0 Å². The van der Waals surface area contributed by atoms with Crippen LogP contribution in [0.2, 0.25) is 0 Å². The Morgan fingerprint density at radius 2 is 2.33 bits per heavy atom. The first-order chi connectivity index (χ1) is 5.29. The SMILES string of the molecule is CCCC1SC[C@@H]([C-]=O)N1C.[K+]. The van der Waals surface area contributed by atoms with E-state index in [1.807, 2.05) is 18.8 Å². The number of hydrogen-bond acceptors (Lipinski definition) is 3. The molecule has 2 nitrogen and oxygen atoms in total. The molecule has 1 rings (SSSR count). The average molecular weight is 211 g/mol. The molecular weight excluding hydrogens is 197 g/mol. The number of thioether (sulfide) groups is 1. The van der Waals surface area contributed by atoms with E-state index in [1.165, 1.54) is 12.8 Å². The van der Waals surface area contributed by atoms with Crippen LogP contribution in [0.4, 0.5) is 0 Å². The number of likely N-dealkylation sites (N-methyl/N-ethyl adjacent to an activating group) is 1. The van der Waals surface area contributed by atoms with Crippen LogP contribution >= 0.6 is 11.8 Å². The zero-order chi connectivity index (χ0) is 8.27. The minimum Gasteiger partial charge on any atom is -0.540 e. The van der Waals surface area contributed by atoms with Gasteiger partial charge in [0.05, 0.1) is 5.37 Å². The molecule has 1 aliphatic heterocycles. The Kier molecular flexibility index (Phi) is 7.92. The molecule has 0 amide bonds. The van der Waals surface area contributed by atoms with Crippen LogP contribution in [-0.4, -0.2) is 35.4 Å². The van der Waals surface area contributed by atoms with E-state index in [1.54, 1.807) is 0 Å². The maximum absolute atomic E-state index is 10.4. The summed E-state index contributed by atoms with van der Waals surface area (Å²) in [5, 5.41) is 0.548. The topological polar surface area (TPSA) is 20.3 Å². The molecule has 1 heterocycles. The number of nitrogens with zero attached hydrogens (tertiary/aromatic N) is 1. The van der Waals surface area contributed by atoms with Crippen LogP contribution < -0.4 is 51.4 Å². The van der Waals surface area contributed by atoms with Crippen molar-refractivity contribution in [2.45, 2.75) is 31.2 Å². The first kappa shape index (κ1) is 13.6. The molecule has 1 aliphatic rings. The fraction of sp³-hybridized carbons (Fsp3) is 0.875. The van der Waals surface area contributed by atoms with Gasteiger partial charge in [-0.15, -0.1) is 11.8 Å². The maximum atomic E-state index is 10.4. The summed E-state index contributed by atoms with van der Waals surface area (Å²) >= 11 is 1.87. The van der Waals surface area contributed by atoms with Gasteiger partial charge >= 0.3 is 51.4 Å². The predicted molar refractivity (Wildman–Crippen MR) is 48.4 cm³/mol. The monoisotopic (exact) mass is 211 g/mol. The van der Waals surface area contributed by atoms with Crippen LogP contribution in [0.3, 0.4) is 0 Å². The van der Waals surface area contributed by atoms with Crippen molar-refractivity contribution in [2.24, 2.45) is 0 Å². The van der Waals surface area contributed by atoms with Gasteiger partial charge in [0.25, 0.3) is 0 Å². The van der Waals surface area contributed by atoms with E-state index in [0.29, 0.717) is 5.37 Å². The van der Waals surface area contributed by atoms with Crippen molar-refractivity contribution in [3.05, 3.63) is 0 Å². The third-order valence-corrected chi connectivity index (χ3v) is 3.53. The molecule has 1 saturated heterocycles. The van der Waals surface area contributed by atoms with Gasteiger partial charge in [-0.05, 0) is 19.2 Å². The first-order valence-electron chi connectivity index (χ1n) is 4.00. The minimum absolute atomic E-state index is 0. The fourth-order valence-corrected chi connectivity index (χ4v) is 2.78. The van der Waals surface area contributed by atoms with Gasteiger partial charge in [-0.3, -0.25) is 0 Å². The van der Waals surface area contributed by atoms with E-state index in [-0.39, 0.29) is 57.4 Å². The van der Waals surface area contributed by atoms with Crippen molar-refractivity contribution >= 4 is 18.0 Å². The molecular formula is C8H14KNOS. The molecule has 0 bridgehead atoms. The summed E-state index contributed by atoms with van der Waals surface area (Å²) < 4.78 is 0. The summed E-state index contributed by atoms with van der Waals surface area (Å²) in [6, 6.07) is 0.0385. The molecule has 0 aromatic heterocycles. The van der Waals surface area contributed by atoms with E-state index in [9.17, 15) is 4.79 Å². The van der Waals surface area contributed by atoms with Crippen LogP contribution in [0.1, 0.15) is 19.8 Å². The molecule has 0 aromatic rings. The molecule has 0 radical (unpaired) electrons. The summed E-state index contributed by atoms with van der Waals surface area (Å²) in [5.74, 6) is 0.921. The van der Waals surface area contributed by atoms with E-state index in [0.717, 1.165) is 5.75 Å². The van der Waals surface area contributed by atoms with Gasteiger partial charge in [-0.25, -0.2) is 6.29 Å². The summed E-state index contributed by atoms with van der Waals surface area (Å²) in [6.07, 6.45) is 4.43. The molecule has 64 valence electrons. The normalized spacial score (nSPS) is 29.8. The molecule has 12 heavy (non-hydrogen) atoms. The second kappa shape index (κ2) is 6.98. The summed E-state index contributed by atoms with van der Waals surface area (Å²) in [6.45, 7) is 2.17. The van der Waals surface area contributed by atoms with Gasteiger partial charge in [0.15, 0.2) is 0 Å². The summed E-state index contributed by atoms with van der Waals surface area (Å²) in [7, 11) is 2.01. The first-order valence-corrected chi connectivity index (χ1v) is 5.05. The van der Waals surface area contributed by atoms with Crippen molar-refractivity contribution in [2.75, 3.05) is 12.8 Å². The number of rotatable bonds is 3. The van der Waals surface area contributed by atoms with Gasteiger partial charge in [0.2, 0.25) is 0 Å². The zero-order valence-electron chi connectivity index (χ0n) is 8.04. The van der Waals surface area contributed by atoms with Gasteiger partial charge in [-0.1, -0.05) is 19.4 Å². The fourth-order valence-electron chi connectivity index (χ4n) is 1.29. The van der Waals surface area contributed by atoms with Crippen LogP contribution in [0.5, 0.6) is 0 Å². The van der Waals surface area contributed by atoms with Crippen molar-refractivity contribution in [1.29, 1.82) is 0 Å². The molecule has 2 atom stereocenters. The molecule has 4 heteroatoms. The van der Waals surface area contributed by atoms with Gasteiger partial charge in [0, 0.05) is 0 Å². The van der Waals surface area contributed by atoms with Gasteiger partial charge in [0.1, 0.15) is 0 Å². The zero-order valence-corrected chi connectivity index (χ0v) is 12.0. The quantitative estimate of drug-likeness (QED) is 0.409. The van der Waals surface area contributed by atoms with E-state index >= 15 is 0 Å². The van der Waals surface area contributed by atoms with Crippen LogP contribution in [0, 0.1) is 0 Å². The summed E-state index contributed by atoms with van der Waals surface area (Å²) in [5.41, 5.74) is 0. The minimum atomic E-state index is 0. The second-order valence-corrected chi connectivity index (χ2v) is 4.09. The molecule has 1 unspecified atom stereocenters. The van der Waals surface area contributed by atoms with Crippen LogP contribution in [0.25, 0.3) is 0 Å². The Hall–Kier alpha value is 1.62. The Balaban J connectivity index is 0.00000121. The van der Waals surface area contributed by atoms with Crippen LogP contribution in [-0.2, 0) is 4.79 Å². The maximum Gasteiger partial charge on any atom is 1.00 e. The number of carbonyl (C=O) groups excluding carboxylic acids is 1. The third-order valence-electron chi connectivity index (χ3n) is 2.06. The smallest absolute Gasteiger partial charge is 0.540 e. The molecule has 0 aromatic carbocycles. The largest absolute Gasteiger partial charge is 1.00 e. The van der Waals surface area contributed by atoms with E-state index in [2.05, 4.69) is 18.1 Å².